The predicted molar refractivity (Wildman–Crippen MR) is 116 cm³/mol. The average Bonchev–Trinajstić information content (AvgIpc) is 3.22. The molecule has 0 bridgehead atoms. The molecule has 33 heavy (non-hydrogen) atoms. The van der Waals surface area contributed by atoms with Gasteiger partial charge in [-0.25, -0.2) is 28.0 Å². The standard InChI is InChI=1S/C20H19F2N7O3S/c1-11-26-19(32-28-11)9-31-18-8-24-16(7-25-18)15(22)6-12-3-4-14(21)13(5-12)17-10-33(30)29(2)20(23)27-17/h3-8,17H,9-10H2,1-2H3,(H2,23,27)/b15-6-. The lowest BCUT2D eigenvalue weighted by molar-refractivity contribution is 0.234. The summed E-state index contributed by atoms with van der Waals surface area (Å²) in [6.45, 7) is 1.68. The highest BCUT2D eigenvalue weighted by Gasteiger charge is 2.26. The minimum absolute atomic E-state index is 0.000285. The van der Waals surface area contributed by atoms with E-state index in [1.807, 2.05) is 0 Å². The normalized spacial score (nSPS) is 18.8. The number of guanidine groups is 1. The van der Waals surface area contributed by atoms with Crippen LogP contribution >= 0.6 is 0 Å². The second-order valence-electron chi connectivity index (χ2n) is 7.03. The van der Waals surface area contributed by atoms with E-state index < -0.39 is 28.7 Å². The lowest BCUT2D eigenvalue weighted by Gasteiger charge is -2.26. The van der Waals surface area contributed by atoms with E-state index in [2.05, 4.69) is 25.1 Å². The fourth-order valence-corrected chi connectivity index (χ4v) is 3.97. The van der Waals surface area contributed by atoms with Crippen LogP contribution in [-0.2, 0) is 17.6 Å². The van der Waals surface area contributed by atoms with Gasteiger partial charge in [-0.1, -0.05) is 11.2 Å². The summed E-state index contributed by atoms with van der Waals surface area (Å²) in [5.74, 6) is -0.218. The molecule has 2 atom stereocenters. The second kappa shape index (κ2) is 9.40. The van der Waals surface area contributed by atoms with Crippen molar-refractivity contribution < 1.29 is 22.2 Å². The molecule has 1 aliphatic rings. The summed E-state index contributed by atoms with van der Waals surface area (Å²) in [4.78, 5) is 16.2. The molecular weight excluding hydrogens is 456 g/mol. The van der Waals surface area contributed by atoms with Gasteiger partial charge in [-0.3, -0.25) is 4.31 Å². The lowest BCUT2D eigenvalue weighted by Crippen LogP contribution is -2.41. The molecule has 4 rings (SSSR count). The zero-order valence-corrected chi connectivity index (χ0v) is 18.4. The number of aromatic nitrogens is 4. The maximum Gasteiger partial charge on any atom is 0.264 e. The molecular formula is C20H19F2N7O3S. The van der Waals surface area contributed by atoms with Gasteiger partial charge in [-0.2, -0.15) is 4.98 Å². The van der Waals surface area contributed by atoms with Crippen LogP contribution in [0.25, 0.3) is 11.9 Å². The number of hydrogen-bond donors (Lipinski definition) is 1. The van der Waals surface area contributed by atoms with Gasteiger partial charge >= 0.3 is 0 Å². The first kappa shape index (κ1) is 22.5. The van der Waals surface area contributed by atoms with Crippen LogP contribution in [0.1, 0.15) is 34.6 Å². The largest absolute Gasteiger partial charge is 0.466 e. The molecule has 0 saturated heterocycles. The highest BCUT2D eigenvalue weighted by atomic mass is 32.2. The summed E-state index contributed by atoms with van der Waals surface area (Å²) >= 11 is 0. The topological polar surface area (TPSA) is 133 Å². The van der Waals surface area contributed by atoms with E-state index >= 15 is 0 Å². The van der Waals surface area contributed by atoms with Crippen molar-refractivity contribution in [2.45, 2.75) is 19.6 Å². The molecule has 1 aromatic carbocycles. The number of rotatable bonds is 6. The Hall–Kier alpha value is -3.74. The molecule has 0 radical (unpaired) electrons. The van der Waals surface area contributed by atoms with Crippen LogP contribution in [0.2, 0.25) is 0 Å². The summed E-state index contributed by atoms with van der Waals surface area (Å²) in [6.07, 6.45) is 3.65. The Morgan fingerprint density at radius 3 is 2.88 bits per heavy atom. The molecule has 3 heterocycles. The number of halogens is 2. The summed E-state index contributed by atoms with van der Waals surface area (Å²) < 4.78 is 52.9. The number of aliphatic imine (C=N–C) groups is 1. The van der Waals surface area contributed by atoms with Crippen LogP contribution in [0.15, 0.2) is 40.1 Å². The van der Waals surface area contributed by atoms with Crippen molar-refractivity contribution in [3.63, 3.8) is 0 Å². The number of aryl methyl sites for hydroxylation is 1. The molecule has 1 aliphatic heterocycles. The minimum Gasteiger partial charge on any atom is -0.466 e. The smallest absolute Gasteiger partial charge is 0.264 e. The van der Waals surface area contributed by atoms with Gasteiger partial charge in [0.05, 0.1) is 24.2 Å². The molecule has 3 aromatic rings. The molecule has 2 aromatic heterocycles. The van der Waals surface area contributed by atoms with Crippen LogP contribution in [0.4, 0.5) is 8.78 Å². The van der Waals surface area contributed by atoms with Crippen LogP contribution in [0.5, 0.6) is 5.88 Å². The van der Waals surface area contributed by atoms with Gasteiger partial charge in [0.2, 0.25) is 11.8 Å². The van der Waals surface area contributed by atoms with Gasteiger partial charge in [-0.15, -0.1) is 0 Å². The van der Waals surface area contributed by atoms with Crippen molar-refractivity contribution in [1.29, 1.82) is 0 Å². The van der Waals surface area contributed by atoms with Gasteiger partial charge in [-0.05, 0) is 30.7 Å². The fraction of sp³-hybridized carbons (Fsp3) is 0.250. The zero-order chi connectivity index (χ0) is 23.5. The zero-order valence-electron chi connectivity index (χ0n) is 17.6. The molecule has 13 heteroatoms. The van der Waals surface area contributed by atoms with Crippen molar-refractivity contribution in [2.24, 2.45) is 10.7 Å². The van der Waals surface area contributed by atoms with Crippen molar-refractivity contribution >= 4 is 28.8 Å². The second-order valence-corrected chi connectivity index (χ2v) is 8.55. The Morgan fingerprint density at radius 1 is 1.39 bits per heavy atom. The Labute approximate surface area is 189 Å². The summed E-state index contributed by atoms with van der Waals surface area (Å²) in [5.41, 5.74) is 6.27. The third kappa shape index (κ3) is 5.19. The average molecular weight is 475 g/mol. The SMILES string of the molecule is Cc1noc(COc2cnc(/C(F)=C/c3ccc(F)c(C4CS(=O)N(C)C(N)=N4)c3)cn2)n1. The Balaban J connectivity index is 1.49. The Morgan fingerprint density at radius 2 is 2.21 bits per heavy atom. The molecule has 0 spiro atoms. The molecule has 0 saturated carbocycles. The van der Waals surface area contributed by atoms with Gasteiger partial charge in [0.25, 0.3) is 5.89 Å². The number of nitrogens with two attached hydrogens (primary N) is 1. The number of nitrogens with zero attached hydrogens (tertiary/aromatic N) is 6. The molecule has 2 unspecified atom stereocenters. The van der Waals surface area contributed by atoms with Gasteiger partial charge < -0.3 is 15.0 Å². The van der Waals surface area contributed by atoms with Crippen molar-refractivity contribution in [1.82, 2.24) is 24.4 Å². The van der Waals surface area contributed by atoms with E-state index in [1.54, 1.807) is 14.0 Å². The van der Waals surface area contributed by atoms with Gasteiger partial charge in [0, 0.05) is 12.6 Å². The Kier molecular flexibility index (Phi) is 6.40. The summed E-state index contributed by atoms with van der Waals surface area (Å²) in [7, 11) is 0.103. The highest BCUT2D eigenvalue weighted by molar-refractivity contribution is 7.83. The van der Waals surface area contributed by atoms with Crippen LogP contribution in [0.3, 0.4) is 0 Å². The summed E-state index contributed by atoms with van der Waals surface area (Å²) in [5, 5.41) is 3.64. The van der Waals surface area contributed by atoms with E-state index in [4.69, 9.17) is 15.0 Å². The van der Waals surface area contributed by atoms with E-state index in [9.17, 15) is 13.0 Å². The molecule has 0 aliphatic carbocycles. The van der Waals surface area contributed by atoms with Crippen LogP contribution in [-0.4, -0.2) is 47.4 Å². The third-order valence-electron chi connectivity index (χ3n) is 4.68. The van der Waals surface area contributed by atoms with Crippen LogP contribution in [0, 0.1) is 12.7 Å². The Bertz CT molecular complexity index is 1250. The first-order chi connectivity index (χ1) is 15.8. The molecule has 2 N–H and O–H groups in total. The van der Waals surface area contributed by atoms with Gasteiger partial charge in [0.15, 0.2) is 18.3 Å². The lowest BCUT2D eigenvalue weighted by atomic mass is 10.0. The predicted octanol–water partition coefficient (Wildman–Crippen LogP) is 2.32. The van der Waals surface area contributed by atoms with Crippen molar-refractivity contribution in [3.05, 3.63) is 64.9 Å². The van der Waals surface area contributed by atoms with Crippen LogP contribution < -0.4 is 10.5 Å². The maximum atomic E-state index is 14.7. The molecule has 10 nitrogen and oxygen atoms in total. The maximum absolute atomic E-state index is 14.7. The van der Waals surface area contributed by atoms with E-state index in [-0.39, 0.29) is 41.3 Å². The monoisotopic (exact) mass is 475 g/mol. The first-order valence-corrected chi connectivity index (χ1v) is 10.9. The van der Waals surface area contributed by atoms with Crippen molar-refractivity contribution in [2.75, 3.05) is 12.8 Å². The third-order valence-corrected chi connectivity index (χ3v) is 6.07. The highest BCUT2D eigenvalue weighted by Crippen LogP contribution is 2.28. The number of ether oxygens (including phenoxy) is 1. The van der Waals surface area contributed by atoms with Gasteiger partial charge in [0.1, 0.15) is 22.5 Å². The molecule has 0 fully saturated rings. The van der Waals surface area contributed by atoms with Crippen molar-refractivity contribution in [3.8, 4) is 5.88 Å². The van der Waals surface area contributed by atoms with E-state index in [0.29, 0.717) is 11.4 Å². The first-order valence-electron chi connectivity index (χ1n) is 9.66. The fourth-order valence-electron chi connectivity index (χ4n) is 2.96. The minimum atomic E-state index is -1.44. The molecule has 0 amide bonds. The number of benzene rings is 1. The number of hydrogen-bond acceptors (Lipinski definition) is 9. The molecule has 172 valence electrons. The summed E-state index contributed by atoms with van der Waals surface area (Å²) in [6, 6.07) is 3.31. The quantitative estimate of drug-likeness (QED) is 0.574. The van der Waals surface area contributed by atoms with E-state index in [0.717, 1.165) is 0 Å². The van der Waals surface area contributed by atoms with E-state index in [1.165, 1.54) is 41.0 Å².